The minimum absolute atomic E-state index is 0.0632. The summed E-state index contributed by atoms with van der Waals surface area (Å²) in [6, 6.07) is 11.8. The van der Waals surface area contributed by atoms with E-state index in [9.17, 15) is 4.79 Å². The van der Waals surface area contributed by atoms with Crippen molar-refractivity contribution in [1.29, 1.82) is 0 Å². The molecule has 1 fully saturated rings. The molecule has 8 heteroatoms. The molecule has 138 valence electrons. The van der Waals surface area contributed by atoms with Crippen molar-refractivity contribution in [3.8, 4) is 11.5 Å². The van der Waals surface area contributed by atoms with Gasteiger partial charge in [-0.15, -0.1) is 0 Å². The summed E-state index contributed by atoms with van der Waals surface area (Å²) in [5.41, 5.74) is 6.07. The van der Waals surface area contributed by atoms with Crippen molar-refractivity contribution in [1.82, 2.24) is 15.0 Å². The van der Waals surface area contributed by atoms with E-state index in [2.05, 4.69) is 20.3 Å². The van der Waals surface area contributed by atoms with Crippen LogP contribution in [-0.4, -0.2) is 33.9 Å². The third kappa shape index (κ3) is 3.89. The van der Waals surface area contributed by atoms with E-state index < -0.39 is 0 Å². The summed E-state index contributed by atoms with van der Waals surface area (Å²) < 4.78 is 5.90. The Balaban J connectivity index is 1.47. The minimum Gasteiger partial charge on any atom is -0.422 e. The van der Waals surface area contributed by atoms with Crippen LogP contribution < -0.4 is 16.0 Å². The standard InChI is InChI=1S/C19H20N6O2/c20-18(26)13-7-10-25(11-8-13)19-22-12-15(27-19)14-4-3-6-17(23-14)24-16-5-1-2-9-21-16/h1-6,9,12-13H,7-8,10-11H2,(H2,20,26)(H,21,23,24). The molecule has 0 aliphatic carbocycles. The highest BCUT2D eigenvalue weighted by atomic mass is 16.4. The topological polar surface area (TPSA) is 110 Å². The van der Waals surface area contributed by atoms with Gasteiger partial charge < -0.3 is 20.4 Å². The smallest absolute Gasteiger partial charge is 0.297 e. The minimum atomic E-state index is -0.232. The van der Waals surface area contributed by atoms with Crippen LogP contribution in [0.1, 0.15) is 12.8 Å². The first-order chi connectivity index (χ1) is 13.2. The lowest BCUT2D eigenvalue weighted by atomic mass is 9.97. The SMILES string of the molecule is NC(=O)C1CCN(c2ncc(-c3cccc(Nc4ccccn4)n3)o2)CC1. The van der Waals surface area contributed by atoms with Gasteiger partial charge in [-0.25, -0.2) is 15.0 Å². The molecule has 1 aliphatic rings. The summed E-state index contributed by atoms with van der Waals surface area (Å²) in [7, 11) is 0. The van der Waals surface area contributed by atoms with Gasteiger partial charge in [-0.05, 0) is 37.1 Å². The molecule has 0 saturated carbocycles. The summed E-state index contributed by atoms with van der Waals surface area (Å²) in [5.74, 6) is 1.69. The molecule has 0 unspecified atom stereocenters. The van der Waals surface area contributed by atoms with E-state index in [0.29, 0.717) is 36.4 Å². The molecule has 8 nitrogen and oxygen atoms in total. The van der Waals surface area contributed by atoms with E-state index in [4.69, 9.17) is 10.2 Å². The molecule has 27 heavy (non-hydrogen) atoms. The number of hydrogen-bond donors (Lipinski definition) is 2. The van der Waals surface area contributed by atoms with Crippen molar-refractivity contribution in [3.05, 3.63) is 48.8 Å². The number of nitrogens with one attached hydrogen (secondary N) is 1. The Bertz CT molecular complexity index is 919. The second-order valence-corrected chi connectivity index (χ2v) is 6.42. The van der Waals surface area contributed by atoms with Gasteiger partial charge in [0.1, 0.15) is 17.3 Å². The lowest BCUT2D eigenvalue weighted by Crippen LogP contribution is -2.38. The summed E-state index contributed by atoms with van der Waals surface area (Å²) in [6.07, 6.45) is 4.82. The van der Waals surface area contributed by atoms with Crippen LogP contribution in [0.4, 0.5) is 17.7 Å². The predicted octanol–water partition coefficient (Wildman–Crippen LogP) is 2.58. The first kappa shape index (κ1) is 17.0. The lowest BCUT2D eigenvalue weighted by molar-refractivity contribution is -0.122. The van der Waals surface area contributed by atoms with E-state index in [1.165, 1.54) is 0 Å². The molecule has 3 aromatic rings. The maximum atomic E-state index is 11.3. The Morgan fingerprint density at radius 1 is 1.11 bits per heavy atom. The maximum absolute atomic E-state index is 11.3. The van der Waals surface area contributed by atoms with Crippen LogP contribution in [0.25, 0.3) is 11.5 Å². The van der Waals surface area contributed by atoms with Crippen molar-refractivity contribution in [2.24, 2.45) is 11.7 Å². The molecule has 3 N–H and O–H groups in total. The largest absolute Gasteiger partial charge is 0.422 e. The number of rotatable bonds is 5. The third-order valence-electron chi connectivity index (χ3n) is 4.58. The summed E-state index contributed by atoms with van der Waals surface area (Å²) in [6.45, 7) is 1.39. The number of oxazole rings is 1. The summed E-state index contributed by atoms with van der Waals surface area (Å²) in [4.78, 5) is 26.5. The maximum Gasteiger partial charge on any atom is 0.297 e. The molecule has 4 rings (SSSR count). The van der Waals surface area contributed by atoms with E-state index in [1.807, 2.05) is 41.3 Å². The van der Waals surface area contributed by atoms with Crippen molar-refractivity contribution in [3.63, 3.8) is 0 Å². The van der Waals surface area contributed by atoms with Gasteiger partial charge in [-0.3, -0.25) is 4.79 Å². The van der Waals surface area contributed by atoms with Crippen LogP contribution in [0, 0.1) is 5.92 Å². The highest BCUT2D eigenvalue weighted by Crippen LogP contribution is 2.27. The van der Waals surface area contributed by atoms with E-state index in [0.717, 1.165) is 18.7 Å². The van der Waals surface area contributed by atoms with Gasteiger partial charge in [-0.1, -0.05) is 12.1 Å². The number of hydrogen-bond acceptors (Lipinski definition) is 7. The Kier molecular flexibility index (Phi) is 4.69. The fourth-order valence-corrected chi connectivity index (χ4v) is 3.09. The highest BCUT2D eigenvalue weighted by Gasteiger charge is 2.25. The van der Waals surface area contributed by atoms with Crippen LogP contribution in [0.3, 0.4) is 0 Å². The van der Waals surface area contributed by atoms with Crippen LogP contribution in [0.5, 0.6) is 0 Å². The van der Waals surface area contributed by atoms with Gasteiger partial charge in [0.2, 0.25) is 5.91 Å². The average molecular weight is 364 g/mol. The highest BCUT2D eigenvalue weighted by molar-refractivity contribution is 5.76. The van der Waals surface area contributed by atoms with Gasteiger partial charge in [0.05, 0.1) is 6.20 Å². The second kappa shape index (κ2) is 7.45. The molecule has 0 atom stereocenters. The van der Waals surface area contributed by atoms with E-state index >= 15 is 0 Å². The lowest BCUT2D eigenvalue weighted by Gasteiger charge is -2.29. The molecule has 1 saturated heterocycles. The number of anilines is 3. The molecule has 3 aromatic heterocycles. The predicted molar refractivity (Wildman–Crippen MR) is 101 cm³/mol. The van der Waals surface area contributed by atoms with Crippen molar-refractivity contribution in [2.75, 3.05) is 23.3 Å². The van der Waals surface area contributed by atoms with Crippen molar-refractivity contribution < 1.29 is 9.21 Å². The third-order valence-corrected chi connectivity index (χ3v) is 4.58. The summed E-state index contributed by atoms with van der Waals surface area (Å²) in [5, 5.41) is 3.16. The number of carbonyl (C=O) groups is 1. The molecule has 4 heterocycles. The Morgan fingerprint density at radius 3 is 2.67 bits per heavy atom. The number of piperidine rings is 1. The molecular weight excluding hydrogens is 344 g/mol. The van der Waals surface area contributed by atoms with Crippen LogP contribution in [0.15, 0.2) is 53.2 Å². The Morgan fingerprint density at radius 2 is 1.93 bits per heavy atom. The first-order valence-electron chi connectivity index (χ1n) is 8.84. The Labute approximate surface area is 156 Å². The first-order valence-corrected chi connectivity index (χ1v) is 8.84. The molecule has 0 radical (unpaired) electrons. The number of nitrogens with zero attached hydrogens (tertiary/aromatic N) is 4. The normalized spacial score (nSPS) is 14.9. The number of nitrogens with two attached hydrogens (primary N) is 1. The number of pyridine rings is 2. The molecule has 0 spiro atoms. The van der Waals surface area contributed by atoms with Gasteiger partial charge in [-0.2, -0.15) is 0 Å². The van der Waals surface area contributed by atoms with Crippen molar-refractivity contribution in [2.45, 2.75) is 12.8 Å². The van der Waals surface area contributed by atoms with Gasteiger partial charge in [0, 0.05) is 25.2 Å². The molecular formula is C19H20N6O2. The Hall–Kier alpha value is -3.42. The average Bonchev–Trinajstić information content (AvgIpc) is 3.19. The zero-order chi connectivity index (χ0) is 18.6. The number of aromatic nitrogens is 3. The molecule has 0 aromatic carbocycles. The number of carbonyl (C=O) groups excluding carboxylic acids is 1. The van der Waals surface area contributed by atoms with Gasteiger partial charge in [0.25, 0.3) is 6.01 Å². The van der Waals surface area contributed by atoms with E-state index in [-0.39, 0.29) is 11.8 Å². The monoisotopic (exact) mass is 364 g/mol. The fraction of sp³-hybridized carbons (Fsp3) is 0.263. The molecule has 1 aliphatic heterocycles. The molecule has 0 bridgehead atoms. The zero-order valence-corrected chi connectivity index (χ0v) is 14.7. The molecule has 1 amide bonds. The fourth-order valence-electron chi connectivity index (χ4n) is 3.09. The summed E-state index contributed by atoms with van der Waals surface area (Å²) >= 11 is 0. The van der Waals surface area contributed by atoms with Crippen molar-refractivity contribution >= 4 is 23.6 Å². The quantitative estimate of drug-likeness (QED) is 0.716. The van der Waals surface area contributed by atoms with Gasteiger partial charge >= 0.3 is 0 Å². The van der Waals surface area contributed by atoms with Crippen LogP contribution >= 0.6 is 0 Å². The number of primary amides is 1. The van der Waals surface area contributed by atoms with E-state index in [1.54, 1.807) is 12.4 Å². The number of amides is 1. The van der Waals surface area contributed by atoms with Gasteiger partial charge in [0.15, 0.2) is 5.76 Å². The zero-order valence-electron chi connectivity index (χ0n) is 14.7. The second-order valence-electron chi connectivity index (χ2n) is 6.42. The van der Waals surface area contributed by atoms with Crippen LogP contribution in [-0.2, 0) is 4.79 Å². The van der Waals surface area contributed by atoms with Crippen LogP contribution in [0.2, 0.25) is 0 Å².